The van der Waals surface area contributed by atoms with Crippen LogP contribution in [0.15, 0.2) is 71.8 Å². The van der Waals surface area contributed by atoms with Gasteiger partial charge in [-0.05, 0) is 48.2 Å². The third-order valence-electron chi connectivity index (χ3n) is 5.74. The van der Waals surface area contributed by atoms with E-state index in [2.05, 4.69) is 68.2 Å². The fourth-order valence-electron chi connectivity index (χ4n) is 4.19. The zero-order valence-electron chi connectivity index (χ0n) is 17.3. The van der Waals surface area contributed by atoms with Crippen molar-refractivity contribution in [2.45, 2.75) is 27.3 Å². The SMILES string of the molecule is Cc1ccc(C)c(-c2c(C)sc3ncn(Cc4cccc5ccccc45)c(=O)c23)c1. The standard InChI is InChI=1S/C26H22N2OS/c1-16-11-12-17(2)22(13-16)23-18(3)30-25-24(23)26(29)28(15-27-25)14-20-9-6-8-19-7-4-5-10-21(19)20/h4-13,15H,14H2,1-3H3. The van der Waals surface area contributed by atoms with Crippen LogP contribution in [0.1, 0.15) is 21.6 Å². The lowest BCUT2D eigenvalue weighted by Gasteiger charge is -2.11. The van der Waals surface area contributed by atoms with Crippen molar-refractivity contribution in [2.75, 3.05) is 0 Å². The van der Waals surface area contributed by atoms with Crippen LogP contribution in [0.4, 0.5) is 0 Å². The fraction of sp³-hybridized carbons (Fsp3) is 0.154. The Morgan fingerprint density at radius 2 is 1.77 bits per heavy atom. The Balaban J connectivity index is 1.71. The van der Waals surface area contributed by atoms with Gasteiger partial charge in [-0.1, -0.05) is 66.2 Å². The molecule has 3 aromatic carbocycles. The van der Waals surface area contributed by atoms with Crippen LogP contribution in [0.3, 0.4) is 0 Å². The van der Waals surface area contributed by atoms with Crippen molar-refractivity contribution in [1.82, 2.24) is 9.55 Å². The molecule has 5 rings (SSSR count). The van der Waals surface area contributed by atoms with Gasteiger partial charge >= 0.3 is 0 Å². The largest absolute Gasteiger partial charge is 0.294 e. The maximum Gasteiger partial charge on any atom is 0.263 e. The average molecular weight is 411 g/mol. The lowest BCUT2D eigenvalue weighted by atomic mass is 9.97. The Bertz CT molecular complexity index is 1470. The molecule has 0 radical (unpaired) electrons. The van der Waals surface area contributed by atoms with Crippen LogP contribution in [0.5, 0.6) is 0 Å². The molecule has 0 aliphatic rings. The Hall–Kier alpha value is -3.24. The van der Waals surface area contributed by atoms with Crippen LogP contribution >= 0.6 is 11.3 Å². The molecule has 0 N–H and O–H groups in total. The number of thiophene rings is 1. The summed E-state index contributed by atoms with van der Waals surface area (Å²) in [6.07, 6.45) is 1.69. The predicted molar refractivity (Wildman–Crippen MR) is 127 cm³/mol. The number of nitrogens with zero attached hydrogens (tertiary/aromatic N) is 2. The molecule has 30 heavy (non-hydrogen) atoms. The first-order valence-electron chi connectivity index (χ1n) is 10.1. The molecule has 0 unspecified atom stereocenters. The minimum atomic E-state index is 0.0215. The van der Waals surface area contributed by atoms with Crippen LogP contribution in [-0.2, 0) is 6.54 Å². The number of hydrogen-bond acceptors (Lipinski definition) is 3. The van der Waals surface area contributed by atoms with Crippen molar-refractivity contribution in [1.29, 1.82) is 0 Å². The van der Waals surface area contributed by atoms with E-state index in [0.717, 1.165) is 31.8 Å². The average Bonchev–Trinajstić information content (AvgIpc) is 3.08. The van der Waals surface area contributed by atoms with E-state index in [1.807, 2.05) is 18.2 Å². The van der Waals surface area contributed by atoms with Gasteiger partial charge in [-0.2, -0.15) is 0 Å². The molecule has 148 valence electrons. The first-order chi connectivity index (χ1) is 14.5. The third kappa shape index (κ3) is 3.04. The van der Waals surface area contributed by atoms with Crippen molar-refractivity contribution in [3.8, 4) is 11.1 Å². The highest BCUT2D eigenvalue weighted by Gasteiger charge is 2.18. The second-order valence-corrected chi connectivity index (χ2v) is 9.05. The fourth-order valence-corrected chi connectivity index (χ4v) is 5.19. The predicted octanol–water partition coefficient (Wildman–Crippen LogP) is 6.25. The molecule has 2 aromatic heterocycles. The first-order valence-corrected chi connectivity index (χ1v) is 10.9. The highest BCUT2D eigenvalue weighted by molar-refractivity contribution is 7.19. The van der Waals surface area contributed by atoms with Gasteiger partial charge in [0.2, 0.25) is 0 Å². The highest BCUT2D eigenvalue weighted by Crippen LogP contribution is 2.37. The van der Waals surface area contributed by atoms with Gasteiger partial charge in [0, 0.05) is 10.4 Å². The van der Waals surface area contributed by atoms with Crippen molar-refractivity contribution in [2.24, 2.45) is 0 Å². The monoisotopic (exact) mass is 410 g/mol. The Labute approximate surface area is 179 Å². The van der Waals surface area contributed by atoms with Gasteiger partial charge in [-0.15, -0.1) is 11.3 Å². The van der Waals surface area contributed by atoms with Gasteiger partial charge < -0.3 is 0 Å². The lowest BCUT2D eigenvalue weighted by Crippen LogP contribution is -2.21. The zero-order valence-corrected chi connectivity index (χ0v) is 18.1. The molecule has 4 heteroatoms. The first kappa shape index (κ1) is 18.8. The molecular formula is C26H22N2OS. The molecule has 0 saturated carbocycles. The number of aryl methyl sites for hydroxylation is 3. The summed E-state index contributed by atoms with van der Waals surface area (Å²) in [7, 11) is 0. The topological polar surface area (TPSA) is 34.9 Å². The molecule has 0 saturated heterocycles. The molecule has 0 fully saturated rings. The van der Waals surface area contributed by atoms with E-state index >= 15 is 0 Å². The summed E-state index contributed by atoms with van der Waals surface area (Å²) in [6, 6.07) is 20.9. The molecule has 3 nitrogen and oxygen atoms in total. The maximum atomic E-state index is 13.6. The quantitative estimate of drug-likeness (QED) is 0.352. The molecule has 5 aromatic rings. The van der Waals surface area contributed by atoms with Gasteiger partial charge in [0.25, 0.3) is 5.56 Å². The molecule has 0 aliphatic heterocycles. The number of rotatable bonds is 3. The summed E-state index contributed by atoms with van der Waals surface area (Å²) < 4.78 is 1.74. The maximum absolute atomic E-state index is 13.6. The van der Waals surface area contributed by atoms with E-state index in [9.17, 15) is 4.79 Å². The Morgan fingerprint density at radius 1 is 0.967 bits per heavy atom. The normalized spacial score (nSPS) is 11.4. The van der Waals surface area contributed by atoms with Crippen molar-refractivity contribution in [3.05, 3.63) is 98.9 Å². The van der Waals surface area contributed by atoms with Crippen molar-refractivity contribution >= 4 is 32.3 Å². The van der Waals surface area contributed by atoms with Gasteiger partial charge in [0.15, 0.2) is 0 Å². The molecule has 2 heterocycles. The highest BCUT2D eigenvalue weighted by atomic mass is 32.1. The number of hydrogen-bond donors (Lipinski definition) is 0. The van der Waals surface area contributed by atoms with Gasteiger partial charge in [0.1, 0.15) is 4.83 Å². The van der Waals surface area contributed by atoms with Crippen LogP contribution in [0.25, 0.3) is 32.1 Å². The molecule has 0 spiro atoms. The van der Waals surface area contributed by atoms with Gasteiger partial charge in [-0.3, -0.25) is 9.36 Å². The van der Waals surface area contributed by atoms with E-state index in [-0.39, 0.29) is 5.56 Å². The molecule has 0 amide bonds. The summed E-state index contributed by atoms with van der Waals surface area (Å²) in [4.78, 5) is 20.2. The number of fused-ring (bicyclic) bond motifs is 2. The minimum Gasteiger partial charge on any atom is -0.294 e. The van der Waals surface area contributed by atoms with E-state index in [0.29, 0.717) is 6.54 Å². The summed E-state index contributed by atoms with van der Waals surface area (Å²) in [5.41, 5.74) is 5.66. The summed E-state index contributed by atoms with van der Waals surface area (Å²) >= 11 is 1.60. The molecule has 0 atom stereocenters. The van der Waals surface area contributed by atoms with E-state index < -0.39 is 0 Å². The molecule has 0 aliphatic carbocycles. The van der Waals surface area contributed by atoms with Crippen molar-refractivity contribution in [3.63, 3.8) is 0 Å². The van der Waals surface area contributed by atoms with E-state index in [4.69, 9.17) is 0 Å². The van der Waals surface area contributed by atoms with Gasteiger partial charge in [-0.25, -0.2) is 4.98 Å². The Kier molecular flexibility index (Phi) is 4.52. The van der Waals surface area contributed by atoms with E-state index in [1.54, 1.807) is 22.2 Å². The van der Waals surface area contributed by atoms with Crippen LogP contribution in [0.2, 0.25) is 0 Å². The second-order valence-electron chi connectivity index (χ2n) is 7.85. The van der Waals surface area contributed by atoms with Crippen LogP contribution in [-0.4, -0.2) is 9.55 Å². The number of benzene rings is 3. The molecular weight excluding hydrogens is 388 g/mol. The van der Waals surface area contributed by atoms with E-state index in [1.165, 1.54) is 21.9 Å². The van der Waals surface area contributed by atoms with Crippen molar-refractivity contribution < 1.29 is 0 Å². The minimum absolute atomic E-state index is 0.0215. The second kappa shape index (κ2) is 7.22. The Morgan fingerprint density at radius 3 is 2.63 bits per heavy atom. The smallest absolute Gasteiger partial charge is 0.263 e. The summed E-state index contributed by atoms with van der Waals surface area (Å²) in [5, 5.41) is 3.08. The van der Waals surface area contributed by atoms with Crippen LogP contribution < -0.4 is 5.56 Å². The third-order valence-corrected chi connectivity index (χ3v) is 6.75. The summed E-state index contributed by atoms with van der Waals surface area (Å²) in [6.45, 7) is 6.77. The number of aromatic nitrogens is 2. The van der Waals surface area contributed by atoms with Crippen LogP contribution in [0, 0.1) is 20.8 Å². The lowest BCUT2D eigenvalue weighted by molar-refractivity contribution is 0.754. The summed E-state index contributed by atoms with van der Waals surface area (Å²) in [5.74, 6) is 0. The molecule has 0 bridgehead atoms. The zero-order chi connectivity index (χ0) is 20.8. The van der Waals surface area contributed by atoms with Gasteiger partial charge in [0.05, 0.1) is 18.3 Å².